The van der Waals surface area contributed by atoms with Crippen LogP contribution in [0.3, 0.4) is 0 Å². The monoisotopic (exact) mass is 277 g/mol. The third kappa shape index (κ3) is 5.68. The van der Waals surface area contributed by atoms with Crippen molar-refractivity contribution in [3.63, 3.8) is 0 Å². The van der Waals surface area contributed by atoms with Crippen molar-refractivity contribution in [2.24, 2.45) is 0 Å². The van der Waals surface area contributed by atoms with Gasteiger partial charge in [0.05, 0.1) is 5.75 Å². The van der Waals surface area contributed by atoms with Crippen LogP contribution in [0, 0.1) is 0 Å². The zero-order chi connectivity index (χ0) is 13.8. The lowest BCUT2D eigenvalue weighted by Gasteiger charge is -2.23. The highest BCUT2D eigenvalue weighted by Gasteiger charge is 2.20. The Morgan fingerprint density at radius 1 is 1.28 bits per heavy atom. The Hall–Kier alpha value is -0.820. The summed E-state index contributed by atoms with van der Waals surface area (Å²) in [6.07, 6.45) is 2.13. The lowest BCUT2D eigenvalue weighted by molar-refractivity contribution is 0.197. The topological polar surface area (TPSA) is 69.7 Å². The Labute approximate surface area is 109 Å². The summed E-state index contributed by atoms with van der Waals surface area (Å²) in [5.74, 6) is -0.0213. The largest absolute Gasteiger partial charge is 0.335 e. The number of sulfone groups is 1. The Bertz CT molecular complexity index is 383. The summed E-state index contributed by atoms with van der Waals surface area (Å²) in [7, 11) is -1.02. The fourth-order valence-corrected chi connectivity index (χ4v) is 3.04. The second-order valence-electron chi connectivity index (χ2n) is 5.09. The standard InChI is InChI=1S/C11H23N3O3S/c1-10(9-18(3,16)17)12-11(15)14-6-4-5-13(2)7-8-14/h10H,4-9H2,1-3H3,(H,12,15). The van der Waals surface area contributed by atoms with Gasteiger partial charge in [-0.2, -0.15) is 0 Å². The number of urea groups is 1. The molecule has 18 heavy (non-hydrogen) atoms. The molecule has 1 aliphatic heterocycles. The van der Waals surface area contributed by atoms with Gasteiger partial charge in [-0.3, -0.25) is 0 Å². The van der Waals surface area contributed by atoms with Crippen LogP contribution in [0.2, 0.25) is 0 Å². The summed E-state index contributed by atoms with van der Waals surface area (Å²) >= 11 is 0. The molecule has 106 valence electrons. The van der Waals surface area contributed by atoms with Gasteiger partial charge < -0.3 is 15.1 Å². The molecule has 0 spiro atoms. The van der Waals surface area contributed by atoms with E-state index < -0.39 is 9.84 Å². The second kappa shape index (κ2) is 6.38. The fraction of sp³-hybridized carbons (Fsp3) is 0.909. The van der Waals surface area contributed by atoms with E-state index in [-0.39, 0.29) is 17.8 Å². The van der Waals surface area contributed by atoms with Crippen molar-refractivity contribution in [3.05, 3.63) is 0 Å². The van der Waals surface area contributed by atoms with Gasteiger partial charge in [0, 0.05) is 31.9 Å². The van der Waals surface area contributed by atoms with Crippen LogP contribution in [0.4, 0.5) is 4.79 Å². The summed E-state index contributed by atoms with van der Waals surface area (Å²) in [5, 5.41) is 2.74. The minimum atomic E-state index is -3.06. The number of amides is 2. The van der Waals surface area contributed by atoms with Crippen molar-refractivity contribution >= 4 is 15.9 Å². The molecule has 1 atom stereocenters. The van der Waals surface area contributed by atoms with Crippen LogP contribution in [-0.2, 0) is 9.84 Å². The van der Waals surface area contributed by atoms with Crippen LogP contribution in [0.25, 0.3) is 0 Å². The second-order valence-corrected chi connectivity index (χ2v) is 7.27. The number of hydrogen-bond acceptors (Lipinski definition) is 4. The van der Waals surface area contributed by atoms with E-state index in [1.165, 1.54) is 6.26 Å². The molecule has 1 unspecified atom stereocenters. The van der Waals surface area contributed by atoms with Gasteiger partial charge in [-0.05, 0) is 26.9 Å². The molecule has 2 amide bonds. The van der Waals surface area contributed by atoms with Gasteiger partial charge in [-0.1, -0.05) is 0 Å². The molecular formula is C11H23N3O3S. The SMILES string of the molecule is CC(CS(C)(=O)=O)NC(=O)N1CCCN(C)CC1. The van der Waals surface area contributed by atoms with Crippen molar-refractivity contribution in [3.8, 4) is 0 Å². The van der Waals surface area contributed by atoms with Crippen LogP contribution in [0.5, 0.6) is 0 Å². The van der Waals surface area contributed by atoms with Crippen LogP contribution >= 0.6 is 0 Å². The van der Waals surface area contributed by atoms with E-state index >= 15 is 0 Å². The Morgan fingerprint density at radius 2 is 1.94 bits per heavy atom. The summed E-state index contributed by atoms with van der Waals surface area (Å²) in [4.78, 5) is 15.9. The molecule has 0 saturated carbocycles. The van der Waals surface area contributed by atoms with Gasteiger partial charge in [0.25, 0.3) is 0 Å². The summed E-state index contributed by atoms with van der Waals surface area (Å²) < 4.78 is 22.3. The normalized spacial score (nSPS) is 20.3. The van der Waals surface area contributed by atoms with E-state index in [0.717, 1.165) is 26.1 Å². The predicted octanol–water partition coefficient (Wildman–Crippen LogP) is -0.233. The first-order valence-corrected chi connectivity index (χ1v) is 8.25. The molecule has 0 aromatic carbocycles. The maximum Gasteiger partial charge on any atom is 0.317 e. The molecular weight excluding hydrogens is 254 g/mol. The van der Waals surface area contributed by atoms with E-state index in [0.29, 0.717) is 6.54 Å². The van der Waals surface area contributed by atoms with Crippen molar-refractivity contribution in [2.75, 3.05) is 45.2 Å². The minimum Gasteiger partial charge on any atom is -0.335 e. The Kier molecular flexibility index (Phi) is 5.40. The molecule has 1 aliphatic rings. The molecule has 0 aromatic rings. The number of hydrogen-bond donors (Lipinski definition) is 1. The fourth-order valence-electron chi connectivity index (χ4n) is 2.05. The van der Waals surface area contributed by atoms with E-state index in [4.69, 9.17) is 0 Å². The molecule has 1 rings (SSSR count). The third-order valence-electron chi connectivity index (χ3n) is 2.93. The lowest BCUT2D eigenvalue weighted by Crippen LogP contribution is -2.47. The third-order valence-corrected chi connectivity index (χ3v) is 4.03. The number of carbonyl (C=O) groups excluding carboxylic acids is 1. The average Bonchev–Trinajstić information content (AvgIpc) is 2.39. The van der Waals surface area contributed by atoms with Gasteiger partial charge >= 0.3 is 6.03 Å². The molecule has 1 heterocycles. The zero-order valence-corrected chi connectivity index (χ0v) is 12.2. The molecule has 7 heteroatoms. The zero-order valence-electron chi connectivity index (χ0n) is 11.3. The van der Waals surface area contributed by atoms with Gasteiger partial charge in [-0.15, -0.1) is 0 Å². The van der Waals surface area contributed by atoms with Gasteiger partial charge in [0.2, 0.25) is 0 Å². The average molecular weight is 277 g/mol. The Balaban J connectivity index is 2.44. The lowest BCUT2D eigenvalue weighted by atomic mass is 10.4. The molecule has 1 N–H and O–H groups in total. The molecule has 1 saturated heterocycles. The van der Waals surface area contributed by atoms with E-state index in [1.54, 1.807) is 11.8 Å². The Morgan fingerprint density at radius 3 is 2.56 bits per heavy atom. The van der Waals surface area contributed by atoms with Gasteiger partial charge in [-0.25, -0.2) is 13.2 Å². The van der Waals surface area contributed by atoms with Crippen LogP contribution in [0.15, 0.2) is 0 Å². The number of nitrogens with zero attached hydrogens (tertiary/aromatic N) is 2. The first-order chi connectivity index (χ1) is 8.28. The van der Waals surface area contributed by atoms with Crippen LogP contribution in [0.1, 0.15) is 13.3 Å². The summed E-state index contributed by atoms with van der Waals surface area (Å²) in [6, 6.07) is -0.519. The van der Waals surface area contributed by atoms with E-state index in [1.807, 2.05) is 7.05 Å². The predicted molar refractivity (Wildman–Crippen MR) is 71.4 cm³/mol. The maximum absolute atomic E-state index is 12.0. The van der Waals surface area contributed by atoms with E-state index in [9.17, 15) is 13.2 Å². The number of likely N-dealkylation sites (N-methyl/N-ethyl adjacent to an activating group) is 1. The highest BCUT2D eigenvalue weighted by atomic mass is 32.2. The number of rotatable bonds is 3. The van der Waals surface area contributed by atoms with Crippen molar-refractivity contribution in [2.45, 2.75) is 19.4 Å². The van der Waals surface area contributed by atoms with Crippen molar-refractivity contribution in [1.29, 1.82) is 0 Å². The molecule has 0 aliphatic carbocycles. The first kappa shape index (κ1) is 15.2. The molecule has 0 radical (unpaired) electrons. The number of carbonyl (C=O) groups is 1. The molecule has 0 bridgehead atoms. The van der Waals surface area contributed by atoms with Gasteiger partial charge in [0.15, 0.2) is 0 Å². The summed E-state index contributed by atoms with van der Waals surface area (Å²) in [5.41, 5.74) is 0. The van der Waals surface area contributed by atoms with E-state index in [2.05, 4.69) is 10.2 Å². The number of nitrogens with one attached hydrogen (secondary N) is 1. The van der Waals surface area contributed by atoms with Crippen molar-refractivity contribution < 1.29 is 13.2 Å². The highest BCUT2D eigenvalue weighted by molar-refractivity contribution is 7.90. The summed E-state index contributed by atoms with van der Waals surface area (Å²) in [6.45, 7) is 4.97. The van der Waals surface area contributed by atoms with Crippen LogP contribution < -0.4 is 5.32 Å². The van der Waals surface area contributed by atoms with Gasteiger partial charge in [0.1, 0.15) is 9.84 Å². The highest BCUT2D eigenvalue weighted by Crippen LogP contribution is 2.02. The van der Waals surface area contributed by atoms with Crippen LogP contribution in [-0.4, -0.2) is 75.5 Å². The first-order valence-electron chi connectivity index (χ1n) is 6.19. The minimum absolute atomic E-state index is 0.0213. The maximum atomic E-state index is 12.0. The molecule has 0 aromatic heterocycles. The molecule has 6 nitrogen and oxygen atoms in total. The molecule has 1 fully saturated rings. The quantitative estimate of drug-likeness (QED) is 0.773. The smallest absolute Gasteiger partial charge is 0.317 e. The van der Waals surface area contributed by atoms with Crippen molar-refractivity contribution in [1.82, 2.24) is 15.1 Å².